The number of hydrogen-bond donors (Lipinski definition) is 2. The van der Waals surface area contributed by atoms with Crippen LogP contribution in [0.15, 0.2) is 22.3 Å². The molecule has 0 aromatic rings. The minimum absolute atomic E-state index is 0. The third-order valence-corrected chi connectivity index (χ3v) is 4.45. The van der Waals surface area contributed by atoms with E-state index >= 15 is 0 Å². The Hall–Kier alpha value is -1.88. The number of carboxylic acid groups (broad SMARTS) is 2. The van der Waals surface area contributed by atoms with Crippen LogP contribution in [0.5, 0.6) is 0 Å². The van der Waals surface area contributed by atoms with E-state index < -0.39 is 11.9 Å². The first-order chi connectivity index (χ1) is 11.4. The Balaban J connectivity index is 0. The van der Waals surface area contributed by atoms with E-state index in [1.165, 1.54) is 56.8 Å². The van der Waals surface area contributed by atoms with Gasteiger partial charge in [0, 0.05) is 11.8 Å². The number of aliphatic carboxylic acids is 2. The number of carbonyl (C=O) groups is 2. The fourth-order valence-electron chi connectivity index (χ4n) is 3.51. The summed E-state index contributed by atoms with van der Waals surface area (Å²) in [5, 5.41) is 15.0. The van der Waals surface area contributed by atoms with E-state index in [0.717, 1.165) is 5.92 Å². The topological polar surface area (TPSA) is 74.6 Å². The molecule has 0 aromatic heterocycles. The van der Waals surface area contributed by atoms with E-state index in [0.29, 0.717) is 0 Å². The van der Waals surface area contributed by atoms with Gasteiger partial charge in [-0.1, -0.05) is 31.8 Å². The smallest absolute Gasteiger partial charge is 0.472 e. The van der Waals surface area contributed by atoms with Gasteiger partial charge in [-0.2, -0.15) is 5.57 Å². The van der Waals surface area contributed by atoms with Crippen LogP contribution < -0.4 is 0 Å². The molecule has 0 saturated carbocycles. The van der Waals surface area contributed by atoms with Gasteiger partial charge in [0.15, 0.2) is 0 Å². The standard InChI is InChI=1S/C14H19.2C3H2O2.CH3.Ti/c1-10-11-6-2-4-8-13(11)14-9-5-3-7-12(10)14;2*1-2-3(4)5;;/h6,10H,2-5,7-9H2,1H3;2*1H,(H,4,5);1H3;/q-1;;;-1;+2. The van der Waals surface area contributed by atoms with Crippen LogP contribution in [0.1, 0.15) is 51.9 Å². The quantitative estimate of drug-likeness (QED) is 0.372. The number of rotatable bonds is 0. The Morgan fingerprint density at radius 2 is 1.46 bits per heavy atom. The van der Waals surface area contributed by atoms with Crippen molar-refractivity contribution in [3.8, 4) is 24.7 Å². The molecule has 4 nitrogen and oxygen atoms in total. The second kappa shape index (κ2) is 13.3. The molecule has 3 rings (SSSR count). The van der Waals surface area contributed by atoms with Crippen molar-refractivity contribution >= 4 is 11.9 Å². The molecule has 0 saturated heterocycles. The molecule has 3 aliphatic carbocycles. The first kappa shape index (κ1) is 26.4. The van der Waals surface area contributed by atoms with E-state index in [4.69, 9.17) is 19.8 Å². The summed E-state index contributed by atoms with van der Waals surface area (Å²) in [6.45, 7) is 2.42. The molecule has 2 N–H and O–H groups in total. The second-order valence-corrected chi connectivity index (χ2v) is 5.86. The van der Waals surface area contributed by atoms with Crippen LogP contribution in [0.4, 0.5) is 0 Å². The van der Waals surface area contributed by atoms with Crippen LogP contribution in [0.25, 0.3) is 0 Å². The maximum atomic E-state index is 9.13. The van der Waals surface area contributed by atoms with Gasteiger partial charge in [-0.15, -0.1) is 24.8 Å². The summed E-state index contributed by atoms with van der Waals surface area (Å²) in [6, 6.07) is 0. The predicted octanol–water partition coefficient (Wildman–Crippen LogP) is 4.05. The monoisotopic (exact) mass is 390 g/mol. The molecule has 0 aliphatic heterocycles. The van der Waals surface area contributed by atoms with Crippen molar-refractivity contribution in [2.75, 3.05) is 0 Å². The first-order valence-corrected chi connectivity index (χ1v) is 8.10. The summed E-state index contributed by atoms with van der Waals surface area (Å²) in [6.07, 6.45) is 20.9. The molecular formula is C21H26O4Ti. The molecule has 26 heavy (non-hydrogen) atoms. The Morgan fingerprint density at radius 3 is 1.96 bits per heavy atom. The van der Waals surface area contributed by atoms with Crippen molar-refractivity contribution in [2.24, 2.45) is 5.92 Å². The van der Waals surface area contributed by atoms with Gasteiger partial charge in [-0.05, 0) is 25.2 Å². The molecule has 1 unspecified atom stereocenters. The zero-order chi connectivity index (χ0) is 18.1. The van der Waals surface area contributed by atoms with Crippen LogP contribution in [-0.4, -0.2) is 22.2 Å². The normalized spacial score (nSPS) is 19.0. The second-order valence-electron chi connectivity index (χ2n) is 5.86. The van der Waals surface area contributed by atoms with E-state index in [2.05, 4.69) is 26.2 Å². The van der Waals surface area contributed by atoms with Gasteiger partial charge in [-0.25, -0.2) is 21.6 Å². The SMILES string of the molecule is C#CC(=O)O.C#CC(=O)O.CC1C2=C(CCC[CH-]2)C2=C1CCCC2.[CH3-].[Ti+2]. The van der Waals surface area contributed by atoms with Gasteiger partial charge in [0.2, 0.25) is 0 Å². The van der Waals surface area contributed by atoms with Gasteiger partial charge in [0.1, 0.15) is 0 Å². The molecular weight excluding hydrogens is 364 g/mol. The average molecular weight is 390 g/mol. The number of carboxylic acids is 2. The third kappa shape index (κ3) is 7.57. The summed E-state index contributed by atoms with van der Waals surface area (Å²) in [4.78, 5) is 18.3. The molecule has 0 fully saturated rings. The Kier molecular flexibility index (Phi) is 13.5. The maximum absolute atomic E-state index is 9.13. The predicted molar refractivity (Wildman–Crippen MR) is 99.2 cm³/mol. The fraction of sp³-hybridized carbons (Fsp3) is 0.429. The molecule has 0 bridgehead atoms. The van der Waals surface area contributed by atoms with Gasteiger partial charge < -0.3 is 17.6 Å². The Bertz CT molecular complexity index is 588. The number of fused-ring (bicyclic) bond motifs is 1. The molecule has 1 atom stereocenters. The molecule has 0 spiro atoms. The van der Waals surface area contributed by atoms with E-state index in [1.54, 1.807) is 22.3 Å². The van der Waals surface area contributed by atoms with E-state index in [9.17, 15) is 0 Å². The molecule has 0 aromatic carbocycles. The van der Waals surface area contributed by atoms with Crippen molar-refractivity contribution in [1.29, 1.82) is 0 Å². The van der Waals surface area contributed by atoms with E-state index in [1.807, 2.05) is 0 Å². The fourth-order valence-corrected chi connectivity index (χ4v) is 3.51. The van der Waals surface area contributed by atoms with E-state index in [-0.39, 0.29) is 29.1 Å². The number of terminal acetylenes is 2. The van der Waals surface area contributed by atoms with Crippen molar-refractivity contribution in [3.05, 3.63) is 36.1 Å². The van der Waals surface area contributed by atoms with Gasteiger partial charge >= 0.3 is 33.7 Å². The van der Waals surface area contributed by atoms with Crippen molar-refractivity contribution < 1.29 is 41.5 Å². The summed E-state index contributed by atoms with van der Waals surface area (Å²) in [7, 11) is 0. The van der Waals surface area contributed by atoms with Crippen LogP contribution in [0, 0.1) is 44.5 Å². The molecule has 138 valence electrons. The zero-order valence-electron chi connectivity index (χ0n) is 15.5. The molecule has 3 aliphatic rings. The Labute approximate surface area is 172 Å². The van der Waals surface area contributed by atoms with Crippen LogP contribution in [-0.2, 0) is 31.3 Å². The Morgan fingerprint density at radius 1 is 1.00 bits per heavy atom. The number of hydrogen-bond acceptors (Lipinski definition) is 2. The molecule has 5 heteroatoms. The van der Waals surface area contributed by atoms with Gasteiger partial charge in [-0.3, -0.25) is 0 Å². The minimum Gasteiger partial charge on any atom is -0.472 e. The largest absolute Gasteiger partial charge is 2.00 e. The summed E-state index contributed by atoms with van der Waals surface area (Å²) < 4.78 is 0. The summed E-state index contributed by atoms with van der Waals surface area (Å²) in [5.41, 5.74) is 7.07. The maximum Gasteiger partial charge on any atom is 2.00 e. The third-order valence-electron chi connectivity index (χ3n) is 4.45. The van der Waals surface area contributed by atoms with Gasteiger partial charge in [0.05, 0.1) is 0 Å². The summed E-state index contributed by atoms with van der Waals surface area (Å²) in [5.74, 6) is 1.23. The average Bonchev–Trinajstić information content (AvgIpc) is 2.89. The zero-order valence-corrected chi connectivity index (χ0v) is 17.0. The number of allylic oxidation sites excluding steroid dienone is 4. The van der Waals surface area contributed by atoms with Crippen LogP contribution in [0.2, 0.25) is 0 Å². The first-order valence-electron chi connectivity index (χ1n) is 8.10. The van der Waals surface area contributed by atoms with Crippen LogP contribution >= 0.6 is 0 Å². The van der Waals surface area contributed by atoms with Crippen LogP contribution in [0.3, 0.4) is 0 Å². The van der Waals surface area contributed by atoms with Crippen molar-refractivity contribution in [1.82, 2.24) is 0 Å². The summed E-state index contributed by atoms with van der Waals surface area (Å²) >= 11 is 0. The minimum atomic E-state index is -1.22. The van der Waals surface area contributed by atoms with Gasteiger partial charge in [0.25, 0.3) is 0 Å². The molecule has 0 heterocycles. The van der Waals surface area contributed by atoms with Crippen molar-refractivity contribution in [3.63, 3.8) is 0 Å². The van der Waals surface area contributed by atoms with Crippen molar-refractivity contribution in [2.45, 2.75) is 51.9 Å². The molecule has 0 amide bonds. The molecule has 0 radical (unpaired) electrons.